The van der Waals surface area contributed by atoms with Gasteiger partial charge in [-0.3, -0.25) is 4.79 Å². The highest BCUT2D eigenvalue weighted by Gasteiger charge is 2.22. The van der Waals surface area contributed by atoms with Gasteiger partial charge < -0.3 is 10.2 Å². The van der Waals surface area contributed by atoms with E-state index in [1.807, 2.05) is 30.8 Å². The molecule has 4 aromatic heterocycles. The van der Waals surface area contributed by atoms with Crippen LogP contribution in [0.2, 0.25) is 0 Å². The maximum absolute atomic E-state index is 11.2. The van der Waals surface area contributed by atoms with Crippen molar-refractivity contribution in [2.24, 2.45) is 0 Å². The van der Waals surface area contributed by atoms with E-state index in [1.165, 1.54) is 6.20 Å². The number of anilines is 1. The zero-order valence-corrected chi connectivity index (χ0v) is 21.0. The van der Waals surface area contributed by atoms with Gasteiger partial charge >= 0.3 is 0 Å². The molecule has 36 heavy (non-hydrogen) atoms. The molecule has 0 spiro atoms. The first kappa shape index (κ1) is 24.8. The SMILES string of the molecule is CC.CC(C)Nc1cc(-n2ncc3cc(C#N)cnc32)ncc1-c1cn(C2CCCN(C=O)C2)nn1. The second kappa shape index (κ2) is 10.9. The van der Waals surface area contributed by atoms with E-state index in [-0.39, 0.29) is 12.1 Å². The lowest BCUT2D eigenvalue weighted by Crippen LogP contribution is -2.35. The van der Waals surface area contributed by atoms with Crippen LogP contribution in [0.1, 0.15) is 52.1 Å². The van der Waals surface area contributed by atoms with Crippen LogP contribution in [0.25, 0.3) is 28.1 Å². The molecule has 4 aromatic rings. The van der Waals surface area contributed by atoms with Crippen LogP contribution in [0.4, 0.5) is 5.69 Å². The highest BCUT2D eigenvalue weighted by molar-refractivity contribution is 5.79. The molecule has 5 heterocycles. The average Bonchev–Trinajstić information content (AvgIpc) is 3.57. The van der Waals surface area contributed by atoms with Gasteiger partial charge in [0.15, 0.2) is 11.5 Å². The van der Waals surface area contributed by atoms with Gasteiger partial charge in [0, 0.05) is 54.2 Å². The highest BCUT2D eigenvalue weighted by Crippen LogP contribution is 2.30. The number of rotatable bonds is 6. The zero-order valence-electron chi connectivity index (χ0n) is 21.0. The van der Waals surface area contributed by atoms with E-state index >= 15 is 0 Å². The molecule has 1 unspecified atom stereocenters. The van der Waals surface area contributed by atoms with Gasteiger partial charge in [-0.25, -0.2) is 14.6 Å². The van der Waals surface area contributed by atoms with E-state index in [9.17, 15) is 4.79 Å². The Morgan fingerprint density at radius 1 is 1.19 bits per heavy atom. The molecular formula is C25H30N10O. The number of aromatic nitrogens is 7. The van der Waals surface area contributed by atoms with Gasteiger partial charge in [0.2, 0.25) is 6.41 Å². The number of nitrogens with one attached hydrogen (secondary N) is 1. The second-order valence-corrected chi connectivity index (χ2v) is 8.67. The summed E-state index contributed by atoms with van der Waals surface area (Å²) >= 11 is 0. The minimum atomic E-state index is 0.105. The second-order valence-electron chi connectivity index (χ2n) is 8.67. The number of piperidine rings is 1. The van der Waals surface area contributed by atoms with Crippen molar-refractivity contribution in [3.05, 3.63) is 42.5 Å². The Morgan fingerprint density at radius 2 is 2.03 bits per heavy atom. The third kappa shape index (κ3) is 5.02. The minimum absolute atomic E-state index is 0.105. The molecule has 11 nitrogen and oxygen atoms in total. The van der Waals surface area contributed by atoms with Crippen molar-refractivity contribution in [1.82, 2.24) is 39.6 Å². The van der Waals surface area contributed by atoms with Crippen LogP contribution in [-0.2, 0) is 4.79 Å². The van der Waals surface area contributed by atoms with Gasteiger partial charge in [0.1, 0.15) is 11.8 Å². The largest absolute Gasteiger partial charge is 0.382 e. The summed E-state index contributed by atoms with van der Waals surface area (Å²) in [6, 6.07) is 6.04. The van der Waals surface area contributed by atoms with Crippen LogP contribution >= 0.6 is 0 Å². The minimum Gasteiger partial charge on any atom is -0.382 e. The van der Waals surface area contributed by atoms with Crippen molar-refractivity contribution >= 4 is 23.1 Å². The molecule has 0 aliphatic carbocycles. The smallest absolute Gasteiger partial charge is 0.209 e. The first-order valence-corrected chi connectivity index (χ1v) is 12.2. The van der Waals surface area contributed by atoms with Gasteiger partial charge in [0.25, 0.3) is 0 Å². The number of carbonyl (C=O) groups is 1. The van der Waals surface area contributed by atoms with E-state index in [4.69, 9.17) is 5.26 Å². The summed E-state index contributed by atoms with van der Waals surface area (Å²) in [5.74, 6) is 0.598. The molecule has 11 heteroatoms. The van der Waals surface area contributed by atoms with Crippen LogP contribution in [0.3, 0.4) is 0 Å². The van der Waals surface area contributed by atoms with Gasteiger partial charge in [-0.05, 0) is 32.8 Å². The predicted octanol–water partition coefficient (Wildman–Crippen LogP) is 3.59. The lowest BCUT2D eigenvalue weighted by Gasteiger charge is -2.29. The Bertz CT molecular complexity index is 1380. The lowest BCUT2D eigenvalue weighted by molar-refractivity contribution is -0.119. The van der Waals surface area contributed by atoms with Gasteiger partial charge in [-0.15, -0.1) is 5.10 Å². The Morgan fingerprint density at radius 3 is 2.78 bits per heavy atom. The van der Waals surface area contributed by atoms with Crippen molar-refractivity contribution in [2.45, 2.75) is 52.6 Å². The summed E-state index contributed by atoms with van der Waals surface area (Å²) in [6.07, 6.45) is 9.65. The molecule has 0 saturated carbocycles. The molecule has 1 aliphatic rings. The Balaban J connectivity index is 0.00000148. The van der Waals surface area contributed by atoms with E-state index in [2.05, 4.69) is 50.6 Å². The lowest BCUT2D eigenvalue weighted by atomic mass is 10.1. The molecule has 0 aromatic carbocycles. The fourth-order valence-electron chi connectivity index (χ4n) is 4.22. The predicted molar refractivity (Wildman–Crippen MR) is 136 cm³/mol. The van der Waals surface area contributed by atoms with E-state index in [0.717, 1.165) is 42.4 Å². The van der Waals surface area contributed by atoms with Crippen molar-refractivity contribution in [1.29, 1.82) is 5.26 Å². The molecule has 5 rings (SSSR count). The third-order valence-electron chi connectivity index (χ3n) is 5.83. The van der Waals surface area contributed by atoms with Gasteiger partial charge in [-0.1, -0.05) is 19.1 Å². The van der Waals surface area contributed by atoms with E-state index in [0.29, 0.717) is 29.3 Å². The van der Waals surface area contributed by atoms with Crippen molar-refractivity contribution in [2.75, 3.05) is 18.4 Å². The van der Waals surface area contributed by atoms with Crippen LogP contribution in [0.15, 0.2) is 36.9 Å². The van der Waals surface area contributed by atoms with E-state index < -0.39 is 0 Å². The molecule has 186 valence electrons. The maximum Gasteiger partial charge on any atom is 0.209 e. The normalized spacial score (nSPS) is 15.3. The molecule has 0 radical (unpaired) electrons. The summed E-state index contributed by atoms with van der Waals surface area (Å²) < 4.78 is 3.49. The summed E-state index contributed by atoms with van der Waals surface area (Å²) in [4.78, 5) is 22.0. The molecule has 1 N–H and O–H groups in total. The summed E-state index contributed by atoms with van der Waals surface area (Å²) in [5, 5.41) is 26.5. The number of nitriles is 1. The van der Waals surface area contributed by atoms with Gasteiger partial charge in [0.05, 0.1) is 24.0 Å². The molecule has 1 saturated heterocycles. The summed E-state index contributed by atoms with van der Waals surface area (Å²) in [6.45, 7) is 9.54. The van der Waals surface area contributed by atoms with Gasteiger partial charge in [-0.2, -0.15) is 15.0 Å². The maximum atomic E-state index is 11.2. The fraction of sp³-hybridized carbons (Fsp3) is 0.400. The number of carbonyl (C=O) groups excluding carboxylic acids is 1. The van der Waals surface area contributed by atoms with Crippen molar-refractivity contribution in [3.63, 3.8) is 0 Å². The van der Waals surface area contributed by atoms with Crippen molar-refractivity contribution in [3.8, 4) is 23.1 Å². The summed E-state index contributed by atoms with van der Waals surface area (Å²) in [7, 11) is 0. The Kier molecular flexibility index (Phi) is 7.53. The van der Waals surface area contributed by atoms with Crippen molar-refractivity contribution < 1.29 is 4.79 Å². The molecule has 0 bridgehead atoms. The number of hydrogen-bond acceptors (Lipinski definition) is 8. The standard InChI is InChI=1S/C23H24N10O.C2H6/c1-15(2)28-20-7-22(33-23-17(10-27-33)6-16(8-24)9-26-23)25-11-19(20)21-13-32(30-29-21)18-4-3-5-31(12-18)14-34;1-2/h6-7,9-11,13-15,18H,3-5,12H2,1-2H3,(H,25,28);1-2H3. The molecule has 1 aliphatic heterocycles. The van der Waals surface area contributed by atoms with Crippen LogP contribution in [0.5, 0.6) is 0 Å². The molecule has 1 amide bonds. The van der Waals surface area contributed by atoms with Crippen LogP contribution in [-0.4, -0.2) is 65.2 Å². The number of pyridine rings is 2. The number of nitrogens with zero attached hydrogens (tertiary/aromatic N) is 9. The highest BCUT2D eigenvalue weighted by atomic mass is 16.1. The zero-order chi connectivity index (χ0) is 25.7. The molecular weight excluding hydrogens is 456 g/mol. The first-order chi connectivity index (χ1) is 17.6. The molecule has 1 fully saturated rings. The van der Waals surface area contributed by atoms with Crippen LogP contribution < -0.4 is 5.32 Å². The number of hydrogen-bond donors (Lipinski definition) is 1. The summed E-state index contributed by atoms with van der Waals surface area (Å²) in [5.41, 5.74) is 3.48. The Hall–Kier alpha value is -4.33. The van der Waals surface area contributed by atoms with Crippen LogP contribution in [0, 0.1) is 11.3 Å². The monoisotopic (exact) mass is 486 g/mol. The quantitative estimate of drug-likeness (QED) is 0.409. The Labute approximate surface area is 209 Å². The number of likely N-dealkylation sites (tertiary alicyclic amines) is 1. The number of amides is 1. The van der Waals surface area contributed by atoms with E-state index in [1.54, 1.807) is 28.0 Å². The average molecular weight is 487 g/mol. The molecule has 1 atom stereocenters. The first-order valence-electron chi connectivity index (χ1n) is 12.2. The third-order valence-corrected chi connectivity index (χ3v) is 5.83. The fourth-order valence-corrected chi connectivity index (χ4v) is 4.22. The number of fused-ring (bicyclic) bond motifs is 1. The topological polar surface area (TPSA) is 130 Å².